The number of benzene rings is 8. The molecule has 0 saturated carbocycles. The van der Waals surface area contributed by atoms with E-state index in [9.17, 15) is 0 Å². The summed E-state index contributed by atoms with van der Waals surface area (Å²) in [6.45, 7) is 0. The van der Waals surface area contributed by atoms with E-state index in [0.29, 0.717) is 0 Å². The van der Waals surface area contributed by atoms with E-state index >= 15 is 0 Å². The molecule has 0 atom stereocenters. The lowest BCUT2D eigenvalue weighted by molar-refractivity contribution is 1.12. The van der Waals surface area contributed by atoms with Crippen LogP contribution in [0.1, 0.15) is 0 Å². The molecule has 0 bridgehead atoms. The van der Waals surface area contributed by atoms with Crippen LogP contribution < -0.4 is 0 Å². The van der Waals surface area contributed by atoms with E-state index in [-0.39, 0.29) is 0 Å². The molecule has 0 aliphatic heterocycles. The first-order chi connectivity index (χ1) is 29.0. The molecule has 59 heavy (non-hydrogen) atoms. The van der Waals surface area contributed by atoms with Gasteiger partial charge < -0.3 is 18.7 Å². The summed E-state index contributed by atoms with van der Waals surface area (Å²) >= 11 is 9.52. The first kappa shape index (κ1) is 37.4. The molecule has 4 nitrogen and oxygen atoms in total. The second-order valence-corrected chi connectivity index (χ2v) is 17.4. The molecule has 0 radical (unpaired) electrons. The van der Waals surface area contributed by atoms with Crippen LogP contribution >= 0.6 is 54.5 Å². The number of halogens is 3. The molecule has 12 rings (SSSR count). The highest BCUT2D eigenvalue weighted by Crippen LogP contribution is 2.39. The second-order valence-electron chi connectivity index (χ2n) is 14.3. The number of aromatic amines is 1. The summed E-state index contributed by atoms with van der Waals surface area (Å²) in [4.78, 5) is 3.60. The Kier molecular flexibility index (Phi) is 10.2. The fraction of sp³-hybridized carbons (Fsp3) is 0. The van der Waals surface area contributed by atoms with E-state index in [1.807, 2.05) is 24.3 Å². The number of para-hydroxylation sites is 3. The molecule has 0 aliphatic carbocycles. The van der Waals surface area contributed by atoms with Gasteiger partial charge in [0.1, 0.15) is 0 Å². The van der Waals surface area contributed by atoms with Crippen LogP contribution in [0.3, 0.4) is 0 Å². The maximum Gasteiger partial charge on any atom is 0.0788 e. The van der Waals surface area contributed by atoms with E-state index < -0.39 is 0 Å². The van der Waals surface area contributed by atoms with Crippen molar-refractivity contribution in [3.8, 4) is 17.1 Å². The fourth-order valence-electron chi connectivity index (χ4n) is 8.13. The molecule has 284 valence electrons. The second kappa shape index (κ2) is 16.1. The average Bonchev–Trinajstić information content (AvgIpc) is 4.07. The highest BCUT2D eigenvalue weighted by molar-refractivity contribution is 14.1. The minimum atomic E-state index is 1.09. The molecule has 0 aliphatic rings. The average molecular weight is 1000 g/mol. The lowest BCUT2D eigenvalue weighted by Crippen LogP contribution is -1.97. The predicted octanol–water partition coefficient (Wildman–Crippen LogP) is 15.8. The van der Waals surface area contributed by atoms with Crippen molar-refractivity contribution in [3.05, 3.63) is 219 Å². The van der Waals surface area contributed by atoms with Crippen molar-refractivity contribution in [1.82, 2.24) is 18.7 Å². The Labute approximate surface area is 371 Å². The first-order valence-electron chi connectivity index (χ1n) is 19.3. The van der Waals surface area contributed by atoms with Crippen LogP contribution in [0, 0.1) is 3.57 Å². The molecule has 0 fully saturated rings. The summed E-state index contributed by atoms with van der Waals surface area (Å²) in [7, 11) is 0. The summed E-state index contributed by atoms with van der Waals surface area (Å²) in [6.07, 6.45) is 4.31. The van der Waals surface area contributed by atoms with Crippen molar-refractivity contribution >= 4 is 120 Å². The highest BCUT2D eigenvalue weighted by atomic mass is 127. The molecule has 7 heteroatoms. The van der Waals surface area contributed by atoms with Gasteiger partial charge in [0.25, 0.3) is 0 Å². The Morgan fingerprint density at radius 3 is 1.51 bits per heavy atom. The van der Waals surface area contributed by atoms with E-state index in [2.05, 4.69) is 255 Å². The largest absolute Gasteiger partial charge is 0.353 e. The molecule has 12 aromatic rings. The van der Waals surface area contributed by atoms with Gasteiger partial charge in [0, 0.05) is 79.8 Å². The third-order valence-corrected chi connectivity index (χ3v) is 12.4. The molecule has 0 unspecified atom stereocenters. The number of hydrogen-bond donors (Lipinski definition) is 1. The van der Waals surface area contributed by atoms with Crippen molar-refractivity contribution in [2.75, 3.05) is 0 Å². The van der Waals surface area contributed by atoms with E-state index in [0.717, 1.165) is 14.5 Å². The standard InChI is InChI=1S/C26H17BrN2.C20H13BrN2.C6H5I/c27-19-12-14-24-23(17-19)22-13-11-18-15-16-28(20-7-3-1-4-8-20)25(18)26(22)29(24)21-9-5-2-6-10-21;21-14-7-9-18-17(12-14)16-8-6-13-10-11-23(20(13)19(16)22-18)15-4-2-1-3-5-15;7-6-4-2-1-3-5-6/h1-17H;1-12,22H;1-5H. The first-order valence-corrected chi connectivity index (χ1v) is 22.0. The lowest BCUT2D eigenvalue weighted by atomic mass is 10.1. The molecule has 0 spiro atoms. The Balaban J connectivity index is 0.000000125. The molecule has 4 aromatic heterocycles. The molecule has 4 heterocycles. The Morgan fingerprint density at radius 1 is 0.407 bits per heavy atom. The van der Waals surface area contributed by atoms with Crippen LogP contribution in [0.4, 0.5) is 0 Å². The van der Waals surface area contributed by atoms with Gasteiger partial charge in [0.05, 0.1) is 27.6 Å². The van der Waals surface area contributed by atoms with Gasteiger partial charge in [-0.3, -0.25) is 0 Å². The Bertz CT molecular complexity index is 3400. The minimum Gasteiger partial charge on any atom is -0.353 e. The van der Waals surface area contributed by atoms with Crippen LogP contribution in [0.25, 0.3) is 82.5 Å². The molecular formula is C52H35Br2IN4. The van der Waals surface area contributed by atoms with Gasteiger partial charge in [-0.25, -0.2) is 0 Å². The molecule has 0 amide bonds. The minimum absolute atomic E-state index is 1.09. The predicted molar refractivity (Wildman–Crippen MR) is 265 cm³/mol. The molecule has 0 saturated heterocycles. The molecule has 8 aromatic carbocycles. The topological polar surface area (TPSA) is 30.6 Å². The van der Waals surface area contributed by atoms with Crippen molar-refractivity contribution in [3.63, 3.8) is 0 Å². The van der Waals surface area contributed by atoms with Gasteiger partial charge in [0.2, 0.25) is 0 Å². The van der Waals surface area contributed by atoms with Crippen LogP contribution in [0.15, 0.2) is 215 Å². The zero-order chi connectivity index (χ0) is 39.9. The highest BCUT2D eigenvalue weighted by Gasteiger charge is 2.18. The summed E-state index contributed by atoms with van der Waals surface area (Å²) in [5.74, 6) is 0. The zero-order valence-electron chi connectivity index (χ0n) is 31.6. The van der Waals surface area contributed by atoms with Crippen LogP contribution in [-0.4, -0.2) is 18.7 Å². The normalized spacial score (nSPS) is 11.3. The SMILES string of the molecule is Brc1ccc2[nH]c3c(ccc4ccn(-c5ccccc5)c43)c2c1.Brc1ccc2c(c1)c1ccc3ccn(-c4ccccc4)c3c1n2-c1ccccc1.Ic1ccccc1. The summed E-state index contributed by atoms with van der Waals surface area (Å²) in [5, 5.41) is 7.49. The van der Waals surface area contributed by atoms with Crippen molar-refractivity contribution in [1.29, 1.82) is 0 Å². The summed E-state index contributed by atoms with van der Waals surface area (Å²) in [6, 6.07) is 68.0. The number of rotatable bonds is 3. The van der Waals surface area contributed by atoms with E-state index in [4.69, 9.17) is 0 Å². The van der Waals surface area contributed by atoms with Crippen LogP contribution in [0.2, 0.25) is 0 Å². The van der Waals surface area contributed by atoms with Gasteiger partial charge in [-0.1, -0.05) is 129 Å². The van der Waals surface area contributed by atoms with Crippen LogP contribution in [0.5, 0.6) is 0 Å². The van der Waals surface area contributed by atoms with Gasteiger partial charge >= 0.3 is 0 Å². The third kappa shape index (κ3) is 7.07. The smallest absolute Gasteiger partial charge is 0.0788 e. The number of fused-ring (bicyclic) bond motifs is 10. The lowest BCUT2D eigenvalue weighted by Gasteiger charge is -2.11. The van der Waals surface area contributed by atoms with Gasteiger partial charge in [-0.2, -0.15) is 0 Å². The van der Waals surface area contributed by atoms with Gasteiger partial charge in [-0.05, 0) is 120 Å². The quantitative estimate of drug-likeness (QED) is 0.171. The number of hydrogen-bond acceptors (Lipinski definition) is 0. The summed E-state index contributed by atoms with van der Waals surface area (Å²) < 4.78 is 10.4. The maximum atomic E-state index is 3.66. The number of nitrogens with one attached hydrogen (secondary N) is 1. The number of aromatic nitrogens is 4. The fourth-order valence-corrected chi connectivity index (χ4v) is 9.26. The van der Waals surface area contributed by atoms with Gasteiger partial charge in [-0.15, -0.1) is 0 Å². The Morgan fingerprint density at radius 2 is 0.915 bits per heavy atom. The maximum absolute atomic E-state index is 3.66. The number of H-pyrrole nitrogens is 1. The van der Waals surface area contributed by atoms with Gasteiger partial charge in [0.15, 0.2) is 0 Å². The number of nitrogens with zero attached hydrogens (tertiary/aromatic N) is 3. The molecular weight excluding hydrogens is 967 g/mol. The monoisotopic (exact) mass is 1000 g/mol. The van der Waals surface area contributed by atoms with E-state index in [1.54, 1.807) is 0 Å². The zero-order valence-corrected chi connectivity index (χ0v) is 36.9. The molecule has 1 N–H and O–H groups in total. The summed E-state index contributed by atoms with van der Waals surface area (Å²) in [5.41, 5.74) is 10.8. The van der Waals surface area contributed by atoms with Crippen molar-refractivity contribution < 1.29 is 0 Å². The van der Waals surface area contributed by atoms with Crippen molar-refractivity contribution in [2.24, 2.45) is 0 Å². The Hall–Kier alpha value is -5.87. The van der Waals surface area contributed by atoms with Crippen LogP contribution in [-0.2, 0) is 0 Å². The third-order valence-electron chi connectivity index (χ3n) is 10.7. The van der Waals surface area contributed by atoms with E-state index in [1.165, 1.54) is 80.5 Å². The van der Waals surface area contributed by atoms with Crippen molar-refractivity contribution in [2.45, 2.75) is 0 Å².